The highest BCUT2D eigenvalue weighted by atomic mass is 14.9. The number of benzene rings is 2. The van der Waals surface area contributed by atoms with E-state index in [1.54, 1.807) is 0 Å². The Hall–Kier alpha value is -1.76. The number of hydrogen-bond acceptors (Lipinski definition) is 1. The summed E-state index contributed by atoms with van der Waals surface area (Å²) >= 11 is 0. The minimum atomic E-state index is 0.903. The molecule has 1 heteroatoms. The lowest BCUT2D eigenvalue weighted by Crippen LogP contribution is -2.00. The van der Waals surface area contributed by atoms with Gasteiger partial charge in [-0.1, -0.05) is 24.3 Å². The van der Waals surface area contributed by atoms with Gasteiger partial charge in [0.15, 0.2) is 0 Å². The van der Waals surface area contributed by atoms with Crippen molar-refractivity contribution < 1.29 is 0 Å². The third-order valence-electron chi connectivity index (χ3n) is 4.17. The van der Waals surface area contributed by atoms with Crippen LogP contribution in [0.1, 0.15) is 34.2 Å². The van der Waals surface area contributed by atoms with Gasteiger partial charge >= 0.3 is 0 Å². The molecule has 2 aromatic carbocycles. The Kier molecular flexibility index (Phi) is 3.29. The molecule has 98 valence electrons. The fraction of sp³-hybridized carbons (Fsp3) is 0.333. The fourth-order valence-electron chi connectivity index (χ4n) is 2.80. The second-order valence-electron chi connectivity index (χ2n) is 5.61. The number of anilines is 1. The predicted molar refractivity (Wildman–Crippen MR) is 81.7 cm³/mol. The van der Waals surface area contributed by atoms with Crippen LogP contribution in [0.4, 0.5) is 5.69 Å². The monoisotopic (exact) mass is 251 g/mol. The number of fused-ring (bicyclic) bond motifs is 1. The molecule has 19 heavy (non-hydrogen) atoms. The van der Waals surface area contributed by atoms with E-state index in [4.69, 9.17) is 0 Å². The topological polar surface area (TPSA) is 12.0 Å². The van der Waals surface area contributed by atoms with Crippen molar-refractivity contribution >= 4 is 5.69 Å². The first kappa shape index (κ1) is 12.3. The first-order valence-electron chi connectivity index (χ1n) is 7.14. The van der Waals surface area contributed by atoms with Crippen LogP contribution >= 0.6 is 0 Å². The first-order chi connectivity index (χ1) is 9.22. The summed E-state index contributed by atoms with van der Waals surface area (Å²) in [6.45, 7) is 5.24. The molecule has 0 radical (unpaired) electrons. The molecule has 0 heterocycles. The third-order valence-corrected chi connectivity index (χ3v) is 4.17. The Morgan fingerprint density at radius 1 is 0.895 bits per heavy atom. The molecule has 2 aromatic rings. The van der Waals surface area contributed by atoms with Crippen LogP contribution in [0, 0.1) is 13.8 Å². The van der Waals surface area contributed by atoms with E-state index >= 15 is 0 Å². The van der Waals surface area contributed by atoms with Crippen LogP contribution in [-0.2, 0) is 19.4 Å². The average molecular weight is 251 g/mol. The maximum Gasteiger partial charge on any atom is 0.0400 e. The number of hydrogen-bond donors (Lipinski definition) is 1. The van der Waals surface area contributed by atoms with Crippen LogP contribution in [0.15, 0.2) is 36.4 Å². The van der Waals surface area contributed by atoms with Gasteiger partial charge in [-0.25, -0.2) is 0 Å². The molecule has 0 aliphatic heterocycles. The molecule has 0 amide bonds. The standard InChI is InChI=1S/C18H21N/c1-13-6-7-15(10-14(13)2)12-19-18-9-8-16-4-3-5-17(16)11-18/h6-11,19H,3-5,12H2,1-2H3. The molecule has 0 unspecified atom stereocenters. The van der Waals surface area contributed by atoms with E-state index in [9.17, 15) is 0 Å². The Labute approximate surface area is 115 Å². The summed E-state index contributed by atoms with van der Waals surface area (Å²) < 4.78 is 0. The highest BCUT2D eigenvalue weighted by molar-refractivity contribution is 5.50. The maximum absolute atomic E-state index is 3.54. The van der Waals surface area contributed by atoms with E-state index in [1.807, 2.05) is 0 Å². The Morgan fingerprint density at radius 2 is 1.74 bits per heavy atom. The third kappa shape index (κ3) is 2.65. The van der Waals surface area contributed by atoms with E-state index in [2.05, 4.69) is 55.6 Å². The van der Waals surface area contributed by atoms with Crippen LogP contribution < -0.4 is 5.32 Å². The maximum atomic E-state index is 3.54. The minimum Gasteiger partial charge on any atom is -0.381 e. The molecular formula is C18H21N. The Morgan fingerprint density at radius 3 is 2.58 bits per heavy atom. The molecule has 1 aliphatic carbocycles. The molecule has 1 N–H and O–H groups in total. The normalized spacial score (nSPS) is 13.4. The van der Waals surface area contributed by atoms with Gasteiger partial charge in [0.1, 0.15) is 0 Å². The van der Waals surface area contributed by atoms with E-state index in [0.29, 0.717) is 0 Å². The van der Waals surface area contributed by atoms with Crippen molar-refractivity contribution in [3.05, 3.63) is 64.2 Å². The van der Waals surface area contributed by atoms with Gasteiger partial charge < -0.3 is 5.32 Å². The lowest BCUT2D eigenvalue weighted by atomic mass is 10.1. The molecule has 0 fully saturated rings. The lowest BCUT2D eigenvalue weighted by molar-refractivity contribution is 0.912. The van der Waals surface area contributed by atoms with Crippen molar-refractivity contribution in [3.63, 3.8) is 0 Å². The van der Waals surface area contributed by atoms with Crippen molar-refractivity contribution in [2.45, 2.75) is 39.7 Å². The summed E-state index contributed by atoms with van der Waals surface area (Å²) in [7, 11) is 0. The summed E-state index contributed by atoms with van der Waals surface area (Å²) in [5, 5.41) is 3.54. The van der Waals surface area contributed by atoms with E-state index in [0.717, 1.165) is 6.54 Å². The Balaban J connectivity index is 1.70. The van der Waals surface area contributed by atoms with Gasteiger partial charge in [-0.15, -0.1) is 0 Å². The van der Waals surface area contributed by atoms with Gasteiger partial charge in [0.25, 0.3) is 0 Å². The van der Waals surface area contributed by atoms with Gasteiger partial charge in [-0.3, -0.25) is 0 Å². The minimum absolute atomic E-state index is 0.903. The highest BCUT2D eigenvalue weighted by Crippen LogP contribution is 2.25. The smallest absolute Gasteiger partial charge is 0.0400 e. The lowest BCUT2D eigenvalue weighted by Gasteiger charge is -2.10. The largest absolute Gasteiger partial charge is 0.381 e. The van der Waals surface area contributed by atoms with E-state index in [1.165, 1.54) is 52.8 Å². The second-order valence-corrected chi connectivity index (χ2v) is 5.61. The zero-order chi connectivity index (χ0) is 13.2. The molecular weight excluding hydrogens is 230 g/mol. The summed E-state index contributed by atoms with van der Waals surface area (Å²) in [4.78, 5) is 0. The van der Waals surface area contributed by atoms with Gasteiger partial charge in [-0.2, -0.15) is 0 Å². The summed E-state index contributed by atoms with van der Waals surface area (Å²) in [5.74, 6) is 0. The van der Waals surface area contributed by atoms with Crippen molar-refractivity contribution in [1.29, 1.82) is 0 Å². The van der Waals surface area contributed by atoms with Crippen LogP contribution in [0.3, 0.4) is 0 Å². The predicted octanol–water partition coefficient (Wildman–Crippen LogP) is 4.40. The number of nitrogens with one attached hydrogen (secondary N) is 1. The molecule has 0 saturated heterocycles. The fourth-order valence-corrected chi connectivity index (χ4v) is 2.80. The van der Waals surface area contributed by atoms with Crippen LogP contribution in [0.5, 0.6) is 0 Å². The molecule has 0 aromatic heterocycles. The quantitative estimate of drug-likeness (QED) is 0.852. The van der Waals surface area contributed by atoms with E-state index in [-0.39, 0.29) is 0 Å². The second kappa shape index (κ2) is 5.08. The summed E-state index contributed by atoms with van der Waals surface area (Å²) in [5.41, 5.74) is 8.40. The number of aryl methyl sites for hydroxylation is 4. The van der Waals surface area contributed by atoms with Crippen molar-refractivity contribution in [1.82, 2.24) is 0 Å². The molecule has 0 saturated carbocycles. The van der Waals surface area contributed by atoms with Gasteiger partial charge in [-0.05, 0) is 73.1 Å². The molecule has 3 rings (SSSR count). The van der Waals surface area contributed by atoms with Gasteiger partial charge in [0.05, 0.1) is 0 Å². The van der Waals surface area contributed by atoms with Crippen LogP contribution in [0.2, 0.25) is 0 Å². The van der Waals surface area contributed by atoms with Crippen LogP contribution in [-0.4, -0.2) is 0 Å². The van der Waals surface area contributed by atoms with Crippen molar-refractivity contribution in [3.8, 4) is 0 Å². The van der Waals surface area contributed by atoms with Gasteiger partial charge in [0, 0.05) is 12.2 Å². The zero-order valence-electron chi connectivity index (χ0n) is 11.8. The Bertz CT molecular complexity index is 599. The molecule has 0 atom stereocenters. The summed E-state index contributed by atoms with van der Waals surface area (Å²) in [6, 6.07) is 13.5. The SMILES string of the molecule is Cc1ccc(CNc2ccc3c(c2)CCC3)cc1C. The first-order valence-corrected chi connectivity index (χ1v) is 7.14. The average Bonchev–Trinajstić information content (AvgIpc) is 2.87. The molecule has 1 aliphatic rings. The van der Waals surface area contributed by atoms with E-state index < -0.39 is 0 Å². The van der Waals surface area contributed by atoms with Gasteiger partial charge in [0.2, 0.25) is 0 Å². The molecule has 0 spiro atoms. The van der Waals surface area contributed by atoms with Crippen molar-refractivity contribution in [2.75, 3.05) is 5.32 Å². The van der Waals surface area contributed by atoms with Crippen LogP contribution in [0.25, 0.3) is 0 Å². The highest BCUT2D eigenvalue weighted by Gasteiger charge is 2.10. The summed E-state index contributed by atoms with van der Waals surface area (Å²) in [6.07, 6.45) is 3.82. The molecule has 0 bridgehead atoms. The van der Waals surface area contributed by atoms with Crippen molar-refractivity contribution in [2.24, 2.45) is 0 Å². The zero-order valence-corrected chi connectivity index (χ0v) is 11.8. The molecule has 1 nitrogen and oxygen atoms in total. The number of rotatable bonds is 3.